The molecule has 1 aromatic rings. The van der Waals surface area contributed by atoms with Crippen molar-refractivity contribution in [2.75, 3.05) is 24.6 Å². The lowest BCUT2D eigenvalue weighted by Gasteiger charge is -2.33. The molecule has 1 aromatic carbocycles. The summed E-state index contributed by atoms with van der Waals surface area (Å²) in [5.74, 6) is -1.35. The van der Waals surface area contributed by atoms with Crippen molar-refractivity contribution in [2.24, 2.45) is 11.7 Å². The van der Waals surface area contributed by atoms with Crippen LogP contribution in [0.2, 0.25) is 0 Å². The van der Waals surface area contributed by atoms with Gasteiger partial charge in [0, 0.05) is 6.54 Å². The van der Waals surface area contributed by atoms with E-state index in [1.807, 2.05) is 4.90 Å². The quantitative estimate of drug-likeness (QED) is 0.835. The first kappa shape index (κ1) is 13.2. The minimum absolute atomic E-state index is 0.133. The van der Waals surface area contributed by atoms with Crippen LogP contribution in [0.3, 0.4) is 0 Å². The fourth-order valence-corrected chi connectivity index (χ4v) is 2.08. The Labute approximate surface area is 110 Å². The molecule has 1 amide bonds. The summed E-state index contributed by atoms with van der Waals surface area (Å²) in [6, 6.07) is 4.95. The summed E-state index contributed by atoms with van der Waals surface area (Å²) in [6.07, 6.45) is 0. The van der Waals surface area contributed by atoms with Crippen molar-refractivity contribution in [1.82, 2.24) is 0 Å². The molecule has 1 atom stereocenters. The van der Waals surface area contributed by atoms with E-state index in [2.05, 4.69) is 0 Å². The first-order valence-electron chi connectivity index (χ1n) is 6.04. The van der Waals surface area contributed by atoms with Gasteiger partial charge in [-0.15, -0.1) is 0 Å². The molecule has 0 saturated carbocycles. The number of anilines is 1. The fraction of sp³-hybridized carbons (Fsp3) is 0.385. The number of carbonyl (C=O) groups is 2. The Morgan fingerprint density at radius 3 is 2.89 bits per heavy atom. The lowest BCUT2D eigenvalue weighted by atomic mass is 10.1. The summed E-state index contributed by atoms with van der Waals surface area (Å²) in [6.45, 7) is 3.20. The number of carboxylic acid groups (broad SMARTS) is 1. The molecule has 0 saturated heterocycles. The zero-order chi connectivity index (χ0) is 14.0. The van der Waals surface area contributed by atoms with Gasteiger partial charge in [-0.05, 0) is 12.1 Å². The number of hydrogen-bond acceptors (Lipinski definition) is 4. The topological polar surface area (TPSA) is 92.9 Å². The third-order valence-electron chi connectivity index (χ3n) is 3.15. The second kappa shape index (κ2) is 5.17. The van der Waals surface area contributed by atoms with Crippen molar-refractivity contribution in [2.45, 2.75) is 6.92 Å². The maximum Gasteiger partial charge on any atom is 0.339 e. The summed E-state index contributed by atoms with van der Waals surface area (Å²) in [4.78, 5) is 24.2. The zero-order valence-corrected chi connectivity index (χ0v) is 10.6. The highest BCUT2D eigenvalue weighted by Crippen LogP contribution is 2.35. The van der Waals surface area contributed by atoms with Crippen LogP contribution >= 0.6 is 0 Å². The van der Waals surface area contributed by atoms with Gasteiger partial charge in [-0.3, -0.25) is 4.79 Å². The first-order valence-corrected chi connectivity index (χ1v) is 6.04. The second-order valence-electron chi connectivity index (χ2n) is 4.56. The molecular weight excluding hydrogens is 248 g/mol. The molecule has 0 bridgehead atoms. The average Bonchev–Trinajstić information content (AvgIpc) is 2.38. The van der Waals surface area contributed by atoms with Crippen LogP contribution in [0, 0.1) is 5.92 Å². The molecule has 3 N–H and O–H groups in total. The van der Waals surface area contributed by atoms with Gasteiger partial charge in [-0.1, -0.05) is 13.0 Å². The fourth-order valence-electron chi connectivity index (χ4n) is 2.08. The molecule has 0 radical (unpaired) electrons. The Morgan fingerprint density at radius 1 is 1.53 bits per heavy atom. The number of amides is 1. The van der Waals surface area contributed by atoms with E-state index in [0.29, 0.717) is 31.1 Å². The standard InChI is InChI=1S/C13H16N2O4/c1-8(12(14)16)7-15-5-6-19-11-9(13(17)18)3-2-4-10(11)15/h2-4,8H,5-7H2,1H3,(H2,14,16)(H,17,18). The molecule has 0 spiro atoms. The minimum Gasteiger partial charge on any atom is -0.489 e. The Hall–Kier alpha value is -2.24. The zero-order valence-electron chi connectivity index (χ0n) is 10.6. The third kappa shape index (κ3) is 2.62. The van der Waals surface area contributed by atoms with Crippen LogP contribution in [0.15, 0.2) is 18.2 Å². The highest BCUT2D eigenvalue weighted by atomic mass is 16.5. The highest BCUT2D eigenvalue weighted by Gasteiger charge is 2.25. The molecule has 1 heterocycles. The van der Waals surface area contributed by atoms with Gasteiger partial charge >= 0.3 is 5.97 Å². The summed E-state index contributed by atoms with van der Waals surface area (Å²) < 4.78 is 5.45. The number of ether oxygens (including phenoxy) is 1. The Balaban J connectivity index is 2.32. The van der Waals surface area contributed by atoms with Crippen molar-refractivity contribution < 1.29 is 19.4 Å². The van der Waals surface area contributed by atoms with Gasteiger partial charge < -0.3 is 20.5 Å². The lowest BCUT2D eigenvalue weighted by Crippen LogP contribution is -2.39. The number of para-hydroxylation sites is 1. The molecule has 6 nitrogen and oxygen atoms in total. The van der Waals surface area contributed by atoms with E-state index in [9.17, 15) is 9.59 Å². The molecule has 1 aliphatic rings. The van der Waals surface area contributed by atoms with E-state index < -0.39 is 5.97 Å². The van der Waals surface area contributed by atoms with Crippen LogP contribution < -0.4 is 15.4 Å². The van der Waals surface area contributed by atoms with Gasteiger partial charge in [0.15, 0.2) is 5.75 Å². The molecule has 19 heavy (non-hydrogen) atoms. The van der Waals surface area contributed by atoms with Crippen molar-refractivity contribution in [3.05, 3.63) is 23.8 Å². The van der Waals surface area contributed by atoms with Gasteiger partial charge in [-0.25, -0.2) is 4.79 Å². The number of rotatable bonds is 4. The Kier molecular flexibility index (Phi) is 3.59. The molecular formula is C13H16N2O4. The van der Waals surface area contributed by atoms with Gasteiger partial charge in [0.25, 0.3) is 0 Å². The monoisotopic (exact) mass is 264 g/mol. The van der Waals surface area contributed by atoms with E-state index in [1.165, 1.54) is 6.07 Å². The third-order valence-corrected chi connectivity index (χ3v) is 3.15. The van der Waals surface area contributed by atoms with Crippen LogP contribution in [-0.2, 0) is 4.79 Å². The number of fused-ring (bicyclic) bond motifs is 1. The SMILES string of the molecule is CC(CN1CCOc2c(C(=O)O)cccc21)C(N)=O. The second-order valence-corrected chi connectivity index (χ2v) is 4.56. The van der Waals surface area contributed by atoms with Crippen molar-refractivity contribution in [3.63, 3.8) is 0 Å². The predicted molar refractivity (Wildman–Crippen MR) is 69.5 cm³/mol. The number of carbonyl (C=O) groups excluding carboxylic acids is 1. The highest BCUT2D eigenvalue weighted by molar-refractivity contribution is 5.93. The van der Waals surface area contributed by atoms with E-state index in [4.69, 9.17) is 15.6 Å². The number of primary amides is 1. The largest absolute Gasteiger partial charge is 0.489 e. The van der Waals surface area contributed by atoms with E-state index in [1.54, 1.807) is 19.1 Å². The van der Waals surface area contributed by atoms with Crippen molar-refractivity contribution in [1.29, 1.82) is 0 Å². The maximum absolute atomic E-state index is 11.1. The van der Waals surface area contributed by atoms with Crippen LogP contribution in [0.4, 0.5) is 5.69 Å². The number of carboxylic acids is 1. The molecule has 2 rings (SSSR count). The van der Waals surface area contributed by atoms with Gasteiger partial charge in [0.05, 0.1) is 18.2 Å². The maximum atomic E-state index is 11.1. The van der Waals surface area contributed by atoms with E-state index in [-0.39, 0.29) is 17.4 Å². The number of hydrogen-bond donors (Lipinski definition) is 2. The van der Waals surface area contributed by atoms with Crippen LogP contribution in [0.5, 0.6) is 5.75 Å². The normalized spacial score (nSPS) is 15.3. The Bertz CT molecular complexity index is 515. The number of aromatic carboxylic acids is 1. The molecule has 0 aliphatic carbocycles. The predicted octanol–water partition coefficient (Wildman–Crippen LogP) is 0.705. The summed E-state index contributed by atoms with van der Waals surface area (Å²) in [5.41, 5.74) is 6.09. The van der Waals surface area contributed by atoms with Crippen molar-refractivity contribution in [3.8, 4) is 5.75 Å². The smallest absolute Gasteiger partial charge is 0.339 e. The van der Waals surface area contributed by atoms with Gasteiger partial charge in [0.1, 0.15) is 12.2 Å². The summed E-state index contributed by atoms with van der Waals surface area (Å²) >= 11 is 0. The van der Waals surface area contributed by atoms with Crippen LogP contribution in [0.25, 0.3) is 0 Å². The number of benzene rings is 1. The molecule has 1 unspecified atom stereocenters. The summed E-state index contributed by atoms with van der Waals surface area (Å²) in [5, 5.41) is 9.12. The minimum atomic E-state index is -1.03. The first-order chi connectivity index (χ1) is 9.00. The van der Waals surface area contributed by atoms with Crippen molar-refractivity contribution >= 4 is 17.6 Å². The summed E-state index contributed by atoms with van der Waals surface area (Å²) in [7, 11) is 0. The molecule has 1 aliphatic heterocycles. The van der Waals surface area contributed by atoms with E-state index >= 15 is 0 Å². The molecule has 0 aromatic heterocycles. The molecule has 102 valence electrons. The van der Waals surface area contributed by atoms with Crippen LogP contribution in [-0.4, -0.2) is 36.7 Å². The lowest BCUT2D eigenvalue weighted by molar-refractivity contribution is -0.121. The average molecular weight is 264 g/mol. The molecule has 0 fully saturated rings. The Morgan fingerprint density at radius 2 is 2.26 bits per heavy atom. The van der Waals surface area contributed by atoms with Gasteiger partial charge in [-0.2, -0.15) is 0 Å². The number of nitrogens with zero attached hydrogens (tertiary/aromatic N) is 1. The van der Waals surface area contributed by atoms with E-state index in [0.717, 1.165) is 0 Å². The van der Waals surface area contributed by atoms with Gasteiger partial charge in [0.2, 0.25) is 5.91 Å². The number of nitrogens with two attached hydrogens (primary N) is 1. The molecule has 6 heteroatoms. The van der Waals surface area contributed by atoms with Crippen LogP contribution in [0.1, 0.15) is 17.3 Å².